The minimum absolute atomic E-state index is 0.0999. The minimum atomic E-state index is -0.776. The van der Waals surface area contributed by atoms with Gasteiger partial charge in [-0.25, -0.2) is 8.78 Å². The summed E-state index contributed by atoms with van der Waals surface area (Å²) < 4.78 is 29.3. The largest absolute Gasteiger partial charge is 0.396 e. The predicted molar refractivity (Wildman–Crippen MR) is 78.8 cm³/mol. The number of benzene rings is 1. The number of nitrogen functional groups attached to an aromatic ring is 1. The molecule has 0 spiro atoms. The van der Waals surface area contributed by atoms with Crippen LogP contribution in [0.3, 0.4) is 0 Å². The quantitative estimate of drug-likeness (QED) is 0.692. The summed E-state index contributed by atoms with van der Waals surface area (Å²) in [5, 5.41) is 0.542. The Labute approximate surface area is 120 Å². The number of nitrogens with zero attached hydrogens (tertiary/aromatic N) is 2. The van der Waals surface area contributed by atoms with E-state index >= 15 is 0 Å². The Bertz CT molecular complexity index is 860. The van der Waals surface area contributed by atoms with Crippen molar-refractivity contribution in [1.82, 2.24) is 9.97 Å². The molecule has 0 fully saturated rings. The number of hydrogen-bond acceptors (Lipinski definition) is 3. The summed E-state index contributed by atoms with van der Waals surface area (Å²) >= 11 is 0. The third-order valence-electron chi connectivity index (χ3n) is 3.55. The topological polar surface area (TPSA) is 51.8 Å². The molecule has 0 unspecified atom stereocenters. The van der Waals surface area contributed by atoms with E-state index in [1.165, 1.54) is 12.4 Å². The van der Waals surface area contributed by atoms with Crippen LogP contribution in [0.5, 0.6) is 0 Å². The smallest absolute Gasteiger partial charge is 0.157 e. The van der Waals surface area contributed by atoms with E-state index in [0.29, 0.717) is 11.3 Å². The molecule has 0 saturated heterocycles. The molecule has 106 valence electrons. The Kier molecular flexibility index (Phi) is 3.05. The molecule has 21 heavy (non-hydrogen) atoms. The second-order valence-electron chi connectivity index (χ2n) is 4.98. The van der Waals surface area contributed by atoms with Gasteiger partial charge in [-0.3, -0.25) is 9.97 Å². The van der Waals surface area contributed by atoms with Crippen LogP contribution in [0.4, 0.5) is 14.5 Å². The maximum atomic E-state index is 14.8. The number of anilines is 1. The SMILES string of the molecule is Cc1cc2c(F)c(-c3cnccc3C)c(F)c(N)c2cn1. The first kappa shape index (κ1) is 13.4. The standard InChI is InChI=1S/C16H13F2N3/c1-8-3-4-20-6-11(8)13-14(17)10-5-9(2)21-7-12(10)16(19)15(13)18/h3-7H,19H2,1-2H3. The molecule has 2 heterocycles. The zero-order chi connectivity index (χ0) is 15.1. The van der Waals surface area contributed by atoms with Crippen molar-refractivity contribution in [3.05, 3.63) is 53.6 Å². The second kappa shape index (κ2) is 4.77. The molecular formula is C16H13F2N3. The summed E-state index contributed by atoms with van der Waals surface area (Å²) in [6.07, 6.45) is 4.41. The lowest BCUT2D eigenvalue weighted by Gasteiger charge is -2.13. The number of hydrogen-bond donors (Lipinski definition) is 1. The van der Waals surface area contributed by atoms with Crippen molar-refractivity contribution in [1.29, 1.82) is 0 Å². The Morgan fingerprint density at radius 3 is 2.52 bits per heavy atom. The molecule has 0 amide bonds. The van der Waals surface area contributed by atoms with Gasteiger partial charge in [-0.15, -0.1) is 0 Å². The Balaban J connectivity index is 2.47. The molecule has 2 N–H and O–H groups in total. The average Bonchev–Trinajstić information content (AvgIpc) is 2.47. The lowest BCUT2D eigenvalue weighted by molar-refractivity contribution is 0.600. The molecule has 2 aromatic heterocycles. The third-order valence-corrected chi connectivity index (χ3v) is 3.55. The summed E-state index contributed by atoms with van der Waals surface area (Å²) in [4.78, 5) is 7.99. The van der Waals surface area contributed by atoms with Crippen molar-refractivity contribution in [2.24, 2.45) is 0 Å². The fourth-order valence-corrected chi connectivity index (χ4v) is 2.40. The normalized spacial score (nSPS) is 11.0. The van der Waals surface area contributed by atoms with Crippen molar-refractivity contribution in [2.45, 2.75) is 13.8 Å². The molecule has 5 heteroatoms. The molecule has 3 nitrogen and oxygen atoms in total. The van der Waals surface area contributed by atoms with Crippen molar-refractivity contribution in [3.63, 3.8) is 0 Å². The van der Waals surface area contributed by atoms with E-state index in [1.807, 2.05) is 0 Å². The van der Waals surface area contributed by atoms with Gasteiger partial charge in [-0.1, -0.05) is 0 Å². The summed E-state index contributed by atoms with van der Waals surface area (Å²) in [7, 11) is 0. The number of aromatic nitrogens is 2. The van der Waals surface area contributed by atoms with E-state index in [4.69, 9.17) is 5.73 Å². The molecular weight excluding hydrogens is 272 g/mol. The van der Waals surface area contributed by atoms with Crippen LogP contribution in [0.15, 0.2) is 30.7 Å². The van der Waals surface area contributed by atoms with Gasteiger partial charge >= 0.3 is 0 Å². The van der Waals surface area contributed by atoms with Crippen molar-refractivity contribution in [3.8, 4) is 11.1 Å². The summed E-state index contributed by atoms with van der Waals surface area (Å²) in [5.74, 6) is -1.42. The molecule has 0 aliphatic carbocycles. The Hall–Kier alpha value is -2.56. The molecule has 0 atom stereocenters. The summed E-state index contributed by atoms with van der Waals surface area (Å²) in [6.45, 7) is 3.52. The first-order chi connectivity index (χ1) is 10.0. The van der Waals surface area contributed by atoms with E-state index < -0.39 is 11.6 Å². The molecule has 0 bridgehead atoms. The highest BCUT2D eigenvalue weighted by molar-refractivity contribution is 5.97. The Morgan fingerprint density at radius 2 is 1.81 bits per heavy atom. The third kappa shape index (κ3) is 2.01. The van der Waals surface area contributed by atoms with E-state index in [-0.39, 0.29) is 22.0 Å². The van der Waals surface area contributed by atoms with Gasteiger partial charge in [-0.2, -0.15) is 0 Å². The van der Waals surface area contributed by atoms with Gasteiger partial charge < -0.3 is 5.73 Å². The summed E-state index contributed by atoms with van der Waals surface area (Å²) in [6, 6.07) is 3.27. The lowest BCUT2D eigenvalue weighted by Crippen LogP contribution is -2.02. The van der Waals surface area contributed by atoms with Crippen molar-refractivity contribution in [2.75, 3.05) is 5.73 Å². The lowest BCUT2D eigenvalue weighted by atomic mass is 9.97. The molecule has 0 aliphatic heterocycles. The van der Waals surface area contributed by atoms with Crippen molar-refractivity contribution >= 4 is 16.5 Å². The molecule has 0 radical (unpaired) electrons. The predicted octanol–water partition coefficient (Wildman–Crippen LogP) is 3.77. The molecule has 3 aromatic rings. The van der Waals surface area contributed by atoms with Crippen LogP contribution in [-0.4, -0.2) is 9.97 Å². The number of aryl methyl sites for hydroxylation is 2. The number of fused-ring (bicyclic) bond motifs is 1. The van der Waals surface area contributed by atoms with Crippen LogP contribution in [0, 0.1) is 25.5 Å². The van der Waals surface area contributed by atoms with Crippen LogP contribution in [0.2, 0.25) is 0 Å². The van der Waals surface area contributed by atoms with Crippen LogP contribution in [0.1, 0.15) is 11.3 Å². The van der Waals surface area contributed by atoms with Crippen molar-refractivity contribution < 1.29 is 8.78 Å². The number of nitrogens with two attached hydrogens (primary N) is 1. The zero-order valence-corrected chi connectivity index (χ0v) is 11.6. The molecule has 0 saturated carbocycles. The highest BCUT2D eigenvalue weighted by atomic mass is 19.1. The second-order valence-corrected chi connectivity index (χ2v) is 4.98. The number of pyridine rings is 2. The summed E-state index contributed by atoms with van der Waals surface area (Å²) in [5.41, 5.74) is 7.35. The number of rotatable bonds is 1. The average molecular weight is 285 g/mol. The molecule has 0 aliphatic rings. The zero-order valence-electron chi connectivity index (χ0n) is 11.6. The fourth-order valence-electron chi connectivity index (χ4n) is 2.40. The number of halogens is 2. The van der Waals surface area contributed by atoms with Gasteiger partial charge in [0, 0.05) is 40.6 Å². The van der Waals surface area contributed by atoms with E-state index in [1.54, 1.807) is 32.2 Å². The van der Waals surface area contributed by atoms with Gasteiger partial charge in [0.15, 0.2) is 5.82 Å². The first-order valence-electron chi connectivity index (χ1n) is 6.44. The van der Waals surface area contributed by atoms with Crippen LogP contribution < -0.4 is 5.73 Å². The monoisotopic (exact) mass is 285 g/mol. The van der Waals surface area contributed by atoms with Crippen LogP contribution >= 0.6 is 0 Å². The molecule has 1 aromatic carbocycles. The minimum Gasteiger partial charge on any atom is -0.396 e. The maximum absolute atomic E-state index is 14.8. The van der Waals surface area contributed by atoms with Gasteiger partial charge in [0.05, 0.1) is 11.3 Å². The van der Waals surface area contributed by atoms with E-state index in [0.717, 1.165) is 5.56 Å². The highest BCUT2D eigenvalue weighted by Gasteiger charge is 2.21. The van der Waals surface area contributed by atoms with Crippen LogP contribution in [-0.2, 0) is 0 Å². The maximum Gasteiger partial charge on any atom is 0.157 e. The first-order valence-corrected chi connectivity index (χ1v) is 6.44. The van der Waals surface area contributed by atoms with Gasteiger partial charge in [0.2, 0.25) is 0 Å². The fraction of sp³-hybridized carbons (Fsp3) is 0.125. The van der Waals surface area contributed by atoms with E-state index in [9.17, 15) is 8.78 Å². The van der Waals surface area contributed by atoms with Gasteiger partial charge in [0.25, 0.3) is 0 Å². The van der Waals surface area contributed by atoms with Gasteiger partial charge in [-0.05, 0) is 31.5 Å². The van der Waals surface area contributed by atoms with Crippen LogP contribution in [0.25, 0.3) is 21.9 Å². The highest BCUT2D eigenvalue weighted by Crippen LogP contribution is 2.37. The van der Waals surface area contributed by atoms with Gasteiger partial charge in [0.1, 0.15) is 5.82 Å². The van der Waals surface area contributed by atoms with E-state index in [2.05, 4.69) is 9.97 Å². The molecule has 3 rings (SSSR count). The Morgan fingerprint density at radius 1 is 1.05 bits per heavy atom.